The summed E-state index contributed by atoms with van der Waals surface area (Å²) in [5.74, 6) is -0.768. The number of hydrogen-bond acceptors (Lipinski definition) is 3. The summed E-state index contributed by atoms with van der Waals surface area (Å²) in [6, 6.07) is 5.94. The monoisotopic (exact) mass is 292 g/mol. The Bertz CT molecular complexity index is 521. The zero-order valence-electron chi connectivity index (χ0n) is 12.0. The molecule has 0 aromatic heterocycles. The molecule has 0 atom stereocenters. The summed E-state index contributed by atoms with van der Waals surface area (Å²) in [4.78, 5) is 24.8. The van der Waals surface area contributed by atoms with Crippen LogP contribution in [0, 0.1) is 0 Å². The van der Waals surface area contributed by atoms with Gasteiger partial charge in [0.1, 0.15) is 5.75 Å². The minimum absolute atomic E-state index is 0.0534. The highest BCUT2D eigenvalue weighted by Gasteiger charge is 2.38. The number of hydrogen-bond donors (Lipinski definition) is 3. The van der Waals surface area contributed by atoms with Crippen LogP contribution < -0.4 is 10.2 Å². The van der Waals surface area contributed by atoms with Crippen LogP contribution in [0.3, 0.4) is 0 Å². The van der Waals surface area contributed by atoms with Crippen molar-refractivity contribution in [3.63, 3.8) is 0 Å². The number of urea groups is 1. The summed E-state index contributed by atoms with van der Waals surface area (Å²) in [5.41, 5.74) is -0.0116. The number of nitrogens with zero attached hydrogens (tertiary/aromatic N) is 1. The molecule has 114 valence electrons. The number of carbonyl (C=O) groups excluding carboxylic acids is 1. The topological polar surface area (TPSA) is 89.9 Å². The Hall–Kier alpha value is -2.24. The number of nitrogens with one attached hydrogen (secondary N) is 1. The molecule has 1 saturated carbocycles. The van der Waals surface area contributed by atoms with Gasteiger partial charge in [-0.25, -0.2) is 4.79 Å². The number of phenolic OH excluding ortho intramolecular Hbond substituents is 1. The second-order valence-electron chi connectivity index (χ2n) is 5.56. The van der Waals surface area contributed by atoms with Gasteiger partial charge in [0, 0.05) is 12.7 Å². The van der Waals surface area contributed by atoms with Crippen LogP contribution in [0.25, 0.3) is 0 Å². The van der Waals surface area contributed by atoms with Gasteiger partial charge in [0.25, 0.3) is 0 Å². The number of carbonyl (C=O) groups is 2. The highest BCUT2D eigenvalue weighted by Crippen LogP contribution is 2.33. The number of carboxylic acid groups (broad SMARTS) is 1. The molecule has 1 aromatic carbocycles. The van der Waals surface area contributed by atoms with E-state index >= 15 is 0 Å². The molecule has 0 aliphatic heterocycles. The number of anilines is 1. The zero-order valence-corrected chi connectivity index (χ0v) is 12.0. The smallest absolute Gasteiger partial charge is 0.322 e. The number of carboxylic acids is 1. The first-order valence-electron chi connectivity index (χ1n) is 6.99. The molecule has 3 N–H and O–H groups in total. The molecule has 2 amide bonds. The van der Waals surface area contributed by atoms with Crippen LogP contribution in [0.4, 0.5) is 10.5 Å². The molecule has 2 rings (SSSR count). The van der Waals surface area contributed by atoms with Crippen molar-refractivity contribution >= 4 is 17.7 Å². The van der Waals surface area contributed by atoms with Gasteiger partial charge in [-0.2, -0.15) is 0 Å². The zero-order chi connectivity index (χ0) is 15.5. The lowest BCUT2D eigenvalue weighted by atomic mass is 9.93. The van der Waals surface area contributed by atoms with Crippen molar-refractivity contribution in [1.29, 1.82) is 0 Å². The van der Waals surface area contributed by atoms with Crippen molar-refractivity contribution in [3.05, 3.63) is 24.3 Å². The van der Waals surface area contributed by atoms with Gasteiger partial charge in [-0.1, -0.05) is 12.8 Å². The number of amides is 2. The van der Waals surface area contributed by atoms with E-state index in [0.29, 0.717) is 18.5 Å². The highest BCUT2D eigenvalue weighted by atomic mass is 16.4. The van der Waals surface area contributed by atoms with E-state index < -0.39 is 11.5 Å². The maximum atomic E-state index is 12.3. The van der Waals surface area contributed by atoms with Crippen LogP contribution in [0.15, 0.2) is 24.3 Å². The first kappa shape index (κ1) is 15.2. The van der Waals surface area contributed by atoms with Crippen LogP contribution in [0.5, 0.6) is 5.75 Å². The molecular weight excluding hydrogens is 272 g/mol. The normalized spacial score (nSPS) is 16.4. The maximum absolute atomic E-state index is 12.3. The molecule has 0 spiro atoms. The third kappa shape index (κ3) is 3.65. The fraction of sp³-hybridized carbons (Fsp3) is 0.467. The van der Waals surface area contributed by atoms with Gasteiger partial charge in [0.2, 0.25) is 0 Å². The van der Waals surface area contributed by atoms with E-state index in [1.165, 1.54) is 17.0 Å². The molecule has 6 heteroatoms. The summed E-state index contributed by atoms with van der Waals surface area (Å²) >= 11 is 0. The second-order valence-corrected chi connectivity index (χ2v) is 5.56. The Morgan fingerprint density at radius 2 is 1.81 bits per heavy atom. The first-order valence-corrected chi connectivity index (χ1v) is 6.99. The van der Waals surface area contributed by atoms with Crippen molar-refractivity contribution in [1.82, 2.24) is 5.32 Å². The van der Waals surface area contributed by atoms with Gasteiger partial charge in [0.05, 0.1) is 12.0 Å². The molecule has 1 aliphatic rings. The molecule has 1 fully saturated rings. The first-order chi connectivity index (χ1) is 9.92. The molecule has 1 aliphatic carbocycles. The second kappa shape index (κ2) is 6.03. The largest absolute Gasteiger partial charge is 0.508 e. The minimum atomic E-state index is -0.899. The standard InChI is InChI=1S/C15H20N2O4/c1-17(11-4-6-12(18)7-5-11)14(21)16-15(10-13(19)20)8-2-3-9-15/h4-7,18H,2-3,8-10H2,1H3,(H,16,21)(H,19,20). The Morgan fingerprint density at radius 3 is 2.33 bits per heavy atom. The lowest BCUT2D eigenvalue weighted by Crippen LogP contribution is -2.52. The average molecular weight is 292 g/mol. The summed E-state index contributed by atoms with van der Waals surface area (Å²) in [6.07, 6.45) is 3.18. The summed E-state index contributed by atoms with van der Waals surface area (Å²) < 4.78 is 0. The van der Waals surface area contributed by atoms with Crippen molar-refractivity contribution in [3.8, 4) is 5.75 Å². The van der Waals surface area contributed by atoms with Crippen molar-refractivity contribution in [2.45, 2.75) is 37.6 Å². The maximum Gasteiger partial charge on any atom is 0.322 e. The van der Waals surface area contributed by atoms with E-state index in [0.717, 1.165) is 12.8 Å². The number of aliphatic carboxylic acids is 1. The summed E-state index contributed by atoms with van der Waals surface area (Å²) in [6.45, 7) is 0. The molecule has 21 heavy (non-hydrogen) atoms. The molecule has 0 heterocycles. The molecule has 6 nitrogen and oxygen atoms in total. The quantitative estimate of drug-likeness (QED) is 0.794. The lowest BCUT2D eigenvalue weighted by molar-refractivity contribution is -0.138. The van der Waals surface area contributed by atoms with Gasteiger partial charge < -0.3 is 15.5 Å². The predicted octanol–water partition coefficient (Wildman–Crippen LogP) is 2.33. The third-order valence-corrected chi connectivity index (χ3v) is 3.96. The van der Waals surface area contributed by atoms with Crippen LogP contribution >= 0.6 is 0 Å². The highest BCUT2D eigenvalue weighted by molar-refractivity contribution is 5.92. The Kier molecular flexibility index (Phi) is 4.35. The van der Waals surface area contributed by atoms with E-state index in [1.54, 1.807) is 19.2 Å². The molecule has 1 aromatic rings. The molecule has 0 saturated heterocycles. The van der Waals surface area contributed by atoms with Gasteiger partial charge >= 0.3 is 12.0 Å². The van der Waals surface area contributed by atoms with E-state index in [4.69, 9.17) is 5.11 Å². The van der Waals surface area contributed by atoms with E-state index in [-0.39, 0.29) is 18.2 Å². The summed E-state index contributed by atoms with van der Waals surface area (Å²) in [7, 11) is 1.62. The molecule has 0 radical (unpaired) electrons. The Morgan fingerprint density at radius 1 is 1.24 bits per heavy atom. The van der Waals surface area contributed by atoms with Crippen molar-refractivity contribution in [2.75, 3.05) is 11.9 Å². The summed E-state index contributed by atoms with van der Waals surface area (Å²) in [5, 5.41) is 21.2. The third-order valence-electron chi connectivity index (χ3n) is 3.96. The lowest BCUT2D eigenvalue weighted by Gasteiger charge is -2.31. The van der Waals surface area contributed by atoms with Gasteiger partial charge in [-0.15, -0.1) is 0 Å². The number of benzene rings is 1. The minimum Gasteiger partial charge on any atom is -0.508 e. The van der Waals surface area contributed by atoms with E-state index in [2.05, 4.69) is 5.32 Å². The van der Waals surface area contributed by atoms with Gasteiger partial charge in [0.15, 0.2) is 0 Å². The number of aromatic hydroxyl groups is 1. The Balaban J connectivity index is 2.08. The van der Waals surface area contributed by atoms with Crippen LogP contribution in [-0.2, 0) is 4.79 Å². The van der Waals surface area contributed by atoms with Crippen LogP contribution in [0.1, 0.15) is 32.1 Å². The van der Waals surface area contributed by atoms with Crippen molar-refractivity contribution < 1.29 is 19.8 Å². The molecular formula is C15H20N2O4. The van der Waals surface area contributed by atoms with E-state index in [1.807, 2.05) is 0 Å². The number of phenols is 1. The average Bonchev–Trinajstić information content (AvgIpc) is 2.86. The molecule has 0 unspecified atom stereocenters. The SMILES string of the molecule is CN(C(=O)NC1(CC(=O)O)CCCC1)c1ccc(O)cc1. The molecule has 0 bridgehead atoms. The fourth-order valence-corrected chi connectivity index (χ4v) is 2.79. The van der Waals surface area contributed by atoms with Crippen LogP contribution in [-0.4, -0.2) is 34.8 Å². The predicted molar refractivity (Wildman–Crippen MR) is 78.5 cm³/mol. The Labute approximate surface area is 123 Å². The van der Waals surface area contributed by atoms with Crippen molar-refractivity contribution in [2.24, 2.45) is 0 Å². The van der Waals surface area contributed by atoms with E-state index in [9.17, 15) is 14.7 Å². The van der Waals surface area contributed by atoms with Gasteiger partial charge in [-0.05, 0) is 37.1 Å². The van der Waals surface area contributed by atoms with Crippen LogP contribution in [0.2, 0.25) is 0 Å². The fourth-order valence-electron chi connectivity index (χ4n) is 2.79. The van der Waals surface area contributed by atoms with Gasteiger partial charge in [-0.3, -0.25) is 9.69 Å². The number of rotatable bonds is 4.